The summed E-state index contributed by atoms with van der Waals surface area (Å²) in [5, 5.41) is 34.4. The summed E-state index contributed by atoms with van der Waals surface area (Å²) in [4.78, 5) is 4.41. The molecule has 0 amide bonds. The molecule has 3 rings (SSSR count). The topological polar surface area (TPSA) is 94.3 Å². The molecule has 0 aromatic rings. The Labute approximate surface area is 128 Å². The van der Waals surface area contributed by atoms with Crippen LogP contribution in [0.25, 0.3) is 0 Å². The first kappa shape index (κ1) is 15.3. The second-order valence-electron chi connectivity index (χ2n) is 6.11. The number of amidine groups is 1. The summed E-state index contributed by atoms with van der Waals surface area (Å²) in [6.07, 6.45) is -1.59. The molecule has 2 fully saturated rings. The van der Waals surface area contributed by atoms with Crippen LogP contribution in [0.2, 0.25) is 0 Å². The second kappa shape index (κ2) is 5.89. The first-order chi connectivity index (χ1) is 9.97. The van der Waals surface area contributed by atoms with Crippen molar-refractivity contribution in [2.75, 3.05) is 6.54 Å². The van der Waals surface area contributed by atoms with Gasteiger partial charge in [0, 0.05) is 6.54 Å². The number of hydrogen-bond donors (Lipinski definition) is 4. The Kier molecular flexibility index (Phi) is 4.29. The van der Waals surface area contributed by atoms with Gasteiger partial charge in [0.2, 0.25) is 0 Å². The van der Waals surface area contributed by atoms with Gasteiger partial charge in [-0.05, 0) is 31.3 Å². The zero-order valence-electron chi connectivity index (χ0n) is 12.0. The molecular weight excluding hydrogens is 292 g/mol. The van der Waals surface area contributed by atoms with E-state index in [1.165, 1.54) is 24.6 Å². The van der Waals surface area contributed by atoms with Crippen molar-refractivity contribution in [1.29, 1.82) is 0 Å². The van der Waals surface area contributed by atoms with Crippen molar-refractivity contribution in [1.82, 2.24) is 5.32 Å². The third-order valence-electron chi connectivity index (χ3n) is 4.16. The van der Waals surface area contributed by atoms with E-state index >= 15 is 0 Å². The van der Waals surface area contributed by atoms with Crippen molar-refractivity contribution >= 4 is 16.9 Å². The minimum atomic E-state index is -1.18. The highest BCUT2D eigenvalue weighted by Crippen LogP contribution is 2.37. The largest absolute Gasteiger partial charge is 0.388 e. The summed E-state index contributed by atoms with van der Waals surface area (Å²) in [7, 11) is 0. The molecule has 1 saturated carbocycles. The van der Waals surface area contributed by atoms with Crippen LogP contribution < -0.4 is 5.32 Å². The first-order valence-corrected chi connectivity index (χ1v) is 8.18. The third kappa shape index (κ3) is 3.12. The van der Waals surface area contributed by atoms with Gasteiger partial charge in [0.15, 0.2) is 5.17 Å². The maximum Gasteiger partial charge on any atom is 0.159 e. The fourth-order valence-corrected chi connectivity index (χ4v) is 3.68. The standard InChI is InChI=1S/C14H22N2O4S/c1-6(2)9(17)12-11(19)10(18)8-13(20-12)21-14(16-8)15-5-7-3-4-7/h7-13,17-19H,1,3-5H2,2H3,(H,15,16)/t8-,9?,10-,11+,12-,13-/m1/s1. The van der Waals surface area contributed by atoms with Crippen LogP contribution in [-0.2, 0) is 4.74 Å². The molecule has 118 valence electrons. The first-order valence-electron chi connectivity index (χ1n) is 7.30. The number of nitrogens with one attached hydrogen (secondary N) is 1. The summed E-state index contributed by atoms with van der Waals surface area (Å²) < 4.78 is 5.76. The lowest BCUT2D eigenvalue weighted by molar-refractivity contribution is -0.178. The molecule has 0 radical (unpaired) electrons. The maximum absolute atomic E-state index is 10.2. The number of nitrogens with zero attached hydrogens (tertiary/aromatic N) is 1. The fraction of sp³-hybridized carbons (Fsp3) is 0.786. The molecule has 6 nitrogen and oxygen atoms in total. The Bertz CT molecular complexity index is 454. The molecule has 0 bridgehead atoms. The van der Waals surface area contributed by atoms with Gasteiger partial charge in [-0.25, -0.2) is 0 Å². The van der Waals surface area contributed by atoms with E-state index in [-0.39, 0.29) is 5.44 Å². The summed E-state index contributed by atoms with van der Waals surface area (Å²) in [6.45, 7) is 6.23. The molecule has 2 aliphatic heterocycles. The summed E-state index contributed by atoms with van der Waals surface area (Å²) in [5.41, 5.74) is 0.116. The van der Waals surface area contributed by atoms with E-state index < -0.39 is 30.5 Å². The van der Waals surface area contributed by atoms with Crippen molar-refractivity contribution in [3.63, 3.8) is 0 Å². The molecule has 21 heavy (non-hydrogen) atoms. The van der Waals surface area contributed by atoms with Gasteiger partial charge in [-0.3, -0.25) is 4.99 Å². The molecule has 0 aromatic carbocycles. The number of aliphatic hydroxyl groups excluding tert-OH is 3. The van der Waals surface area contributed by atoms with E-state index in [9.17, 15) is 15.3 Å². The number of rotatable bonds is 4. The zero-order chi connectivity index (χ0) is 15.1. The number of thioether (sulfide) groups is 1. The van der Waals surface area contributed by atoms with E-state index in [0.717, 1.165) is 17.6 Å². The van der Waals surface area contributed by atoms with E-state index in [4.69, 9.17) is 4.74 Å². The molecule has 0 aromatic heterocycles. The van der Waals surface area contributed by atoms with E-state index in [1.807, 2.05) is 0 Å². The van der Waals surface area contributed by atoms with Crippen LogP contribution in [0.4, 0.5) is 0 Å². The van der Waals surface area contributed by atoms with Crippen LogP contribution >= 0.6 is 11.8 Å². The molecule has 4 N–H and O–H groups in total. The summed E-state index contributed by atoms with van der Waals surface area (Å²) in [6, 6.07) is -0.500. The van der Waals surface area contributed by atoms with Gasteiger partial charge in [0.1, 0.15) is 35.9 Å². The molecule has 6 atom stereocenters. The number of ether oxygens (including phenoxy) is 1. The van der Waals surface area contributed by atoms with Gasteiger partial charge in [-0.2, -0.15) is 0 Å². The van der Waals surface area contributed by atoms with E-state index in [0.29, 0.717) is 5.57 Å². The maximum atomic E-state index is 10.2. The van der Waals surface area contributed by atoms with Crippen LogP contribution in [0.3, 0.4) is 0 Å². The minimum Gasteiger partial charge on any atom is -0.388 e. The van der Waals surface area contributed by atoms with Crippen LogP contribution in [0.1, 0.15) is 19.8 Å². The van der Waals surface area contributed by atoms with Crippen molar-refractivity contribution in [2.45, 2.75) is 55.7 Å². The van der Waals surface area contributed by atoms with Crippen LogP contribution in [0.5, 0.6) is 0 Å². The number of fused-ring (bicyclic) bond motifs is 1. The lowest BCUT2D eigenvalue weighted by atomic mass is 9.92. The average Bonchev–Trinajstić information content (AvgIpc) is 3.19. The number of aliphatic imine (C=N–C) groups is 1. The van der Waals surface area contributed by atoms with Crippen LogP contribution in [0.15, 0.2) is 17.1 Å². The molecule has 0 spiro atoms. The average molecular weight is 314 g/mol. The Morgan fingerprint density at radius 1 is 1.48 bits per heavy atom. The monoisotopic (exact) mass is 314 g/mol. The Balaban J connectivity index is 1.65. The highest BCUT2D eigenvalue weighted by Gasteiger charge is 2.50. The lowest BCUT2D eigenvalue weighted by Gasteiger charge is -2.40. The second-order valence-corrected chi connectivity index (χ2v) is 7.20. The van der Waals surface area contributed by atoms with Gasteiger partial charge in [-0.1, -0.05) is 18.3 Å². The normalized spacial score (nSPS) is 40.4. The molecule has 2 heterocycles. The predicted molar refractivity (Wildman–Crippen MR) is 81.0 cm³/mol. The molecule has 3 aliphatic rings. The molecular formula is C14H22N2O4S. The van der Waals surface area contributed by atoms with E-state index in [1.54, 1.807) is 6.92 Å². The summed E-state index contributed by atoms with van der Waals surface area (Å²) in [5.74, 6) is 0.727. The highest BCUT2D eigenvalue weighted by atomic mass is 32.2. The Morgan fingerprint density at radius 3 is 2.81 bits per heavy atom. The Hall–Kier alpha value is -0.600. The zero-order valence-corrected chi connectivity index (χ0v) is 12.8. The molecule has 1 aliphatic carbocycles. The highest BCUT2D eigenvalue weighted by molar-refractivity contribution is 8.14. The van der Waals surface area contributed by atoms with Crippen molar-refractivity contribution in [3.05, 3.63) is 12.2 Å². The van der Waals surface area contributed by atoms with Gasteiger partial charge in [0.25, 0.3) is 0 Å². The quantitative estimate of drug-likeness (QED) is 0.539. The van der Waals surface area contributed by atoms with Crippen LogP contribution in [0, 0.1) is 5.92 Å². The third-order valence-corrected chi connectivity index (χ3v) is 5.25. The lowest BCUT2D eigenvalue weighted by Crippen LogP contribution is -2.58. The van der Waals surface area contributed by atoms with Crippen molar-refractivity contribution < 1.29 is 20.1 Å². The molecule has 7 heteroatoms. The Morgan fingerprint density at radius 2 is 2.19 bits per heavy atom. The fourth-order valence-electron chi connectivity index (χ4n) is 2.57. The van der Waals surface area contributed by atoms with E-state index in [2.05, 4.69) is 16.9 Å². The van der Waals surface area contributed by atoms with Gasteiger partial charge in [0.05, 0.1) is 0 Å². The number of aliphatic hydroxyl groups is 3. The van der Waals surface area contributed by atoms with Crippen molar-refractivity contribution in [3.8, 4) is 0 Å². The minimum absolute atomic E-state index is 0.385. The van der Waals surface area contributed by atoms with Gasteiger partial charge < -0.3 is 25.4 Å². The molecule has 1 saturated heterocycles. The van der Waals surface area contributed by atoms with Crippen molar-refractivity contribution in [2.24, 2.45) is 10.9 Å². The van der Waals surface area contributed by atoms with Gasteiger partial charge >= 0.3 is 0 Å². The molecule has 1 unspecified atom stereocenters. The smallest absolute Gasteiger partial charge is 0.159 e. The number of hydrogen-bond acceptors (Lipinski definition) is 7. The SMILES string of the molecule is C=C(C)C(O)[C@H]1O[C@@H]2SC(NCC3CC3)=N[C@@H]2[C@@H](O)[C@@H]1O. The van der Waals surface area contributed by atoms with Crippen LogP contribution in [-0.4, -0.2) is 62.9 Å². The predicted octanol–water partition coefficient (Wildman–Crippen LogP) is -0.159. The summed E-state index contributed by atoms with van der Waals surface area (Å²) >= 11 is 1.41. The van der Waals surface area contributed by atoms with Gasteiger partial charge in [-0.15, -0.1) is 0 Å².